The molecule has 0 spiro atoms. The number of aliphatic hydroxyl groups is 1. The highest BCUT2D eigenvalue weighted by molar-refractivity contribution is 5.95. The minimum atomic E-state index is -0.560. The first-order valence-electron chi connectivity index (χ1n) is 13.2. The molecule has 0 bridgehead atoms. The molecule has 0 unspecified atom stereocenters. The summed E-state index contributed by atoms with van der Waals surface area (Å²) in [7, 11) is 0. The van der Waals surface area contributed by atoms with Crippen LogP contribution in [0, 0.1) is 11.6 Å². The molecule has 0 saturated carbocycles. The van der Waals surface area contributed by atoms with Crippen molar-refractivity contribution in [1.29, 1.82) is 0 Å². The van der Waals surface area contributed by atoms with Gasteiger partial charge in [-0.1, -0.05) is 13.0 Å². The van der Waals surface area contributed by atoms with Crippen molar-refractivity contribution in [3.8, 4) is 0 Å². The smallest absolute Gasteiger partial charge is 0.254 e. The topological polar surface area (TPSA) is 100 Å². The maximum atomic E-state index is 15.3. The second kappa shape index (κ2) is 10.3. The van der Waals surface area contributed by atoms with Crippen molar-refractivity contribution in [2.24, 2.45) is 0 Å². The van der Waals surface area contributed by atoms with Gasteiger partial charge in [0, 0.05) is 62.8 Å². The zero-order chi connectivity index (χ0) is 27.1. The van der Waals surface area contributed by atoms with E-state index in [0.717, 1.165) is 37.9 Å². The number of anilines is 1. The fourth-order valence-corrected chi connectivity index (χ4v) is 5.36. The summed E-state index contributed by atoms with van der Waals surface area (Å²) in [6.45, 7) is 4.03. The quantitative estimate of drug-likeness (QED) is 0.406. The summed E-state index contributed by atoms with van der Waals surface area (Å²) in [6, 6.07) is 4.33. The number of carbonyl (C=O) groups is 1. The predicted molar refractivity (Wildman–Crippen MR) is 140 cm³/mol. The molecule has 9 nitrogen and oxygen atoms in total. The van der Waals surface area contributed by atoms with Crippen LogP contribution < -0.4 is 4.90 Å². The van der Waals surface area contributed by atoms with Crippen LogP contribution in [0.3, 0.4) is 0 Å². The zero-order valence-electron chi connectivity index (χ0n) is 21.6. The highest BCUT2D eigenvalue weighted by atomic mass is 19.1. The van der Waals surface area contributed by atoms with Gasteiger partial charge in [0.25, 0.3) is 5.91 Å². The first-order chi connectivity index (χ1) is 18.9. The lowest BCUT2D eigenvalue weighted by atomic mass is 10.0. The Labute approximate surface area is 224 Å². The Morgan fingerprint density at radius 3 is 2.46 bits per heavy atom. The summed E-state index contributed by atoms with van der Waals surface area (Å²) in [6.07, 6.45) is 8.54. The SMILES string of the molecule is CCc1cnc(N2CCC(n3cc(F)c4c(Cc5ccc(C(=O)N6CC(O)C6)cc5F)ncnc43)CC2)nc1. The molecular weight excluding hydrogens is 504 g/mol. The van der Waals surface area contributed by atoms with E-state index in [1.165, 1.54) is 29.6 Å². The molecule has 1 amide bonds. The number of nitrogens with zero attached hydrogens (tertiary/aromatic N) is 7. The number of hydrogen-bond donors (Lipinski definition) is 1. The number of β-amino-alcohol motifs (C(OH)–C–C–N with tert-alkyl or cyclic N) is 1. The highest BCUT2D eigenvalue weighted by Crippen LogP contribution is 2.31. The van der Waals surface area contributed by atoms with Gasteiger partial charge < -0.3 is 19.5 Å². The lowest BCUT2D eigenvalue weighted by Crippen LogP contribution is -2.53. The minimum absolute atomic E-state index is 0.0490. The van der Waals surface area contributed by atoms with Crippen molar-refractivity contribution < 1.29 is 18.7 Å². The average molecular weight is 534 g/mol. The largest absolute Gasteiger partial charge is 0.389 e. The van der Waals surface area contributed by atoms with E-state index in [9.17, 15) is 14.3 Å². The number of rotatable bonds is 6. The van der Waals surface area contributed by atoms with Gasteiger partial charge in [-0.3, -0.25) is 4.79 Å². The van der Waals surface area contributed by atoms with Gasteiger partial charge in [-0.15, -0.1) is 0 Å². The lowest BCUT2D eigenvalue weighted by molar-refractivity contribution is 0.00587. The molecule has 3 aromatic heterocycles. The van der Waals surface area contributed by atoms with Crippen LogP contribution in [-0.2, 0) is 12.8 Å². The number of aliphatic hydroxyl groups excluding tert-OH is 1. The summed E-state index contributed by atoms with van der Waals surface area (Å²) < 4.78 is 32.1. The minimum Gasteiger partial charge on any atom is -0.389 e. The molecule has 0 radical (unpaired) electrons. The standard InChI is InChI=1S/C28H29F2N7O2/c1-2-17-11-31-28(32-12-17)35-7-5-20(6-8-35)37-15-23(30)25-24(33-16-34-26(25)37)10-18-3-4-19(9-22(18)29)27(39)36-13-21(38)14-36/h3-4,9,11-12,15-16,20-21,38H,2,5-8,10,13-14H2,1H3. The van der Waals surface area contributed by atoms with Crippen molar-refractivity contribution in [3.05, 3.63) is 77.1 Å². The molecule has 39 heavy (non-hydrogen) atoms. The van der Waals surface area contributed by atoms with Gasteiger partial charge in [-0.2, -0.15) is 0 Å². The molecule has 4 aromatic rings. The Kier molecular flexibility index (Phi) is 6.68. The lowest BCUT2D eigenvalue weighted by Gasteiger charge is -2.35. The Balaban J connectivity index is 1.19. The van der Waals surface area contributed by atoms with Crippen molar-refractivity contribution in [2.45, 2.75) is 44.8 Å². The van der Waals surface area contributed by atoms with Crippen LogP contribution in [0.1, 0.15) is 53.0 Å². The number of hydrogen-bond acceptors (Lipinski definition) is 7. The zero-order valence-corrected chi connectivity index (χ0v) is 21.6. The van der Waals surface area contributed by atoms with E-state index in [-0.39, 0.29) is 42.4 Å². The molecule has 1 aromatic carbocycles. The fourth-order valence-electron chi connectivity index (χ4n) is 5.36. The first kappa shape index (κ1) is 25.3. The first-order valence-corrected chi connectivity index (χ1v) is 13.2. The average Bonchev–Trinajstić information content (AvgIpc) is 3.29. The molecule has 2 fully saturated rings. The predicted octanol–water partition coefficient (Wildman–Crippen LogP) is 3.31. The number of fused-ring (bicyclic) bond motifs is 1. The summed E-state index contributed by atoms with van der Waals surface area (Å²) in [4.78, 5) is 33.7. The van der Waals surface area contributed by atoms with Gasteiger partial charge in [-0.05, 0) is 42.5 Å². The van der Waals surface area contributed by atoms with Gasteiger partial charge in [0.2, 0.25) is 5.95 Å². The summed E-state index contributed by atoms with van der Waals surface area (Å²) >= 11 is 0. The third-order valence-corrected chi connectivity index (χ3v) is 7.69. The van der Waals surface area contributed by atoms with Crippen LogP contribution in [0.2, 0.25) is 0 Å². The Morgan fingerprint density at radius 2 is 1.79 bits per heavy atom. The molecule has 0 aliphatic carbocycles. The molecule has 202 valence electrons. The monoisotopic (exact) mass is 533 g/mol. The van der Waals surface area contributed by atoms with E-state index in [1.807, 2.05) is 17.0 Å². The normalized spacial score (nSPS) is 16.6. The van der Waals surface area contributed by atoms with E-state index in [2.05, 4.69) is 31.8 Å². The maximum Gasteiger partial charge on any atom is 0.254 e. The molecule has 0 atom stereocenters. The summed E-state index contributed by atoms with van der Waals surface area (Å²) in [5, 5.41) is 9.71. The molecule has 2 saturated heterocycles. The molecule has 2 aliphatic heterocycles. The number of amides is 1. The Bertz CT molecular complexity index is 1510. The van der Waals surface area contributed by atoms with Crippen LogP contribution in [0.15, 0.2) is 43.1 Å². The van der Waals surface area contributed by atoms with Gasteiger partial charge in [0.1, 0.15) is 17.8 Å². The molecule has 6 rings (SSSR count). The van der Waals surface area contributed by atoms with Gasteiger partial charge in [0.05, 0.1) is 17.2 Å². The third kappa shape index (κ3) is 4.82. The van der Waals surface area contributed by atoms with E-state index in [1.54, 1.807) is 6.07 Å². The van der Waals surface area contributed by atoms with Crippen molar-refractivity contribution in [2.75, 3.05) is 31.1 Å². The van der Waals surface area contributed by atoms with E-state index < -0.39 is 17.7 Å². The number of halogens is 2. The van der Waals surface area contributed by atoms with Crippen LogP contribution >= 0.6 is 0 Å². The third-order valence-electron chi connectivity index (χ3n) is 7.69. The second-order valence-corrected chi connectivity index (χ2v) is 10.2. The van der Waals surface area contributed by atoms with Crippen molar-refractivity contribution >= 4 is 22.9 Å². The van der Waals surface area contributed by atoms with E-state index in [4.69, 9.17) is 0 Å². The van der Waals surface area contributed by atoms with Gasteiger partial charge in [0.15, 0.2) is 5.82 Å². The number of carbonyl (C=O) groups excluding carboxylic acids is 1. The summed E-state index contributed by atoms with van der Waals surface area (Å²) in [5.41, 5.74) is 2.50. The van der Waals surface area contributed by atoms with Gasteiger partial charge >= 0.3 is 0 Å². The molecule has 1 N–H and O–H groups in total. The molecule has 11 heteroatoms. The van der Waals surface area contributed by atoms with Crippen LogP contribution in [-0.4, -0.2) is 72.7 Å². The summed E-state index contributed by atoms with van der Waals surface area (Å²) in [5.74, 6) is -0.620. The Hall–Kier alpha value is -3.99. The van der Waals surface area contributed by atoms with Gasteiger partial charge in [-0.25, -0.2) is 28.7 Å². The van der Waals surface area contributed by atoms with E-state index in [0.29, 0.717) is 22.9 Å². The van der Waals surface area contributed by atoms with Crippen molar-refractivity contribution in [1.82, 2.24) is 29.4 Å². The van der Waals surface area contributed by atoms with Crippen molar-refractivity contribution in [3.63, 3.8) is 0 Å². The number of piperidine rings is 1. The van der Waals surface area contributed by atoms with Crippen LogP contribution in [0.4, 0.5) is 14.7 Å². The maximum absolute atomic E-state index is 15.3. The molecule has 5 heterocycles. The van der Waals surface area contributed by atoms with Crippen LogP contribution in [0.25, 0.3) is 11.0 Å². The number of aryl methyl sites for hydroxylation is 1. The molecular formula is C28H29F2N7O2. The highest BCUT2D eigenvalue weighted by Gasteiger charge is 2.30. The second-order valence-electron chi connectivity index (χ2n) is 10.2. The number of benzene rings is 1. The molecule has 2 aliphatic rings. The fraction of sp³-hybridized carbons (Fsp3) is 0.393. The number of aromatic nitrogens is 5. The Morgan fingerprint density at radius 1 is 1.05 bits per heavy atom. The number of likely N-dealkylation sites (tertiary alicyclic amines) is 1. The van der Waals surface area contributed by atoms with Crippen LogP contribution in [0.5, 0.6) is 0 Å². The van der Waals surface area contributed by atoms with E-state index >= 15 is 4.39 Å².